The van der Waals surface area contributed by atoms with Crippen molar-refractivity contribution in [3.05, 3.63) is 85.1 Å². The van der Waals surface area contributed by atoms with Crippen LogP contribution in [0.25, 0.3) is 0 Å². The molecule has 0 spiro atoms. The number of esters is 1. The molecule has 0 aliphatic rings. The number of ether oxygens (including phenoxy) is 1. The normalized spacial score (nSPS) is 13.9. The van der Waals surface area contributed by atoms with Crippen LogP contribution in [0.2, 0.25) is 0 Å². The molecule has 0 aromatic carbocycles. The molecule has 0 heterocycles. The van der Waals surface area contributed by atoms with Gasteiger partial charge in [-0.25, -0.2) is 0 Å². The standard InChI is InChI=1S/C59H103NO5/c1-4-7-10-13-16-19-22-25-27-29-31-33-36-39-42-45-48-51-57(62)56(54-61)60-58(63)53-55(50-47-44-41-38-35-24-21-18-15-12-9-6-3)65-59(64)52-49-46-43-40-37-34-32-30-28-26-23-20-17-14-11-8-5-2/h8-9,11-12,17-18,20-21,26,28,32,34,40,43,55-57,61-62H,4-7,10,13-16,19,22-25,27,29-31,33,35-39,41-42,44-54H2,1-3H3,(H,60,63)/b11-8-,12-9+,20-17-,21-18+,28-26-,34-32-,43-40-. The number of unbranched alkanes of at least 4 members (excludes halogenated alkanes) is 22. The Kier molecular flexibility index (Phi) is 49.6. The molecule has 3 atom stereocenters. The van der Waals surface area contributed by atoms with Crippen LogP contribution in [0, 0.1) is 0 Å². The second-order valence-electron chi connectivity index (χ2n) is 18.2. The van der Waals surface area contributed by atoms with Crippen LogP contribution in [-0.4, -0.2) is 46.9 Å². The monoisotopic (exact) mass is 906 g/mol. The van der Waals surface area contributed by atoms with Crippen molar-refractivity contribution in [2.24, 2.45) is 0 Å². The van der Waals surface area contributed by atoms with Crippen LogP contribution in [0.4, 0.5) is 0 Å². The molecular formula is C59H103NO5. The van der Waals surface area contributed by atoms with E-state index in [2.05, 4.69) is 111 Å². The van der Waals surface area contributed by atoms with E-state index in [4.69, 9.17) is 4.74 Å². The first-order valence-corrected chi connectivity index (χ1v) is 27.3. The second kappa shape index (κ2) is 52.0. The van der Waals surface area contributed by atoms with Crippen LogP contribution in [0.1, 0.15) is 252 Å². The highest BCUT2D eigenvalue weighted by Gasteiger charge is 2.24. The number of amides is 1. The van der Waals surface area contributed by atoms with Gasteiger partial charge >= 0.3 is 5.97 Å². The molecule has 6 nitrogen and oxygen atoms in total. The lowest BCUT2D eigenvalue weighted by molar-refractivity contribution is -0.151. The summed E-state index contributed by atoms with van der Waals surface area (Å²) in [7, 11) is 0. The van der Waals surface area contributed by atoms with Gasteiger partial charge in [-0.05, 0) is 89.9 Å². The zero-order valence-corrected chi connectivity index (χ0v) is 42.6. The Balaban J connectivity index is 4.60. The van der Waals surface area contributed by atoms with E-state index in [0.717, 1.165) is 109 Å². The first-order valence-electron chi connectivity index (χ1n) is 27.3. The molecule has 3 unspecified atom stereocenters. The van der Waals surface area contributed by atoms with Gasteiger partial charge in [0.1, 0.15) is 6.10 Å². The van der Waals surface area contributed by atoms with Gasteiger partial charge in [-0.3, -0.25) is 9.59 Å². The fourth-order valence-electron chi connectivity index (χ4n) is 7.92. The van der Waals surface area contributed by atoms with Gasteiger partial charge in [-0.1, -0.05) is 234 Å². The number of hydrogen-bond acceptors (Lipinski definition) is 5. The Morgan fingerprint density at radius 2 is 0.831 bits per heavy atom. The topological polar surface area (TPSA) is 95.9 Å². The number of aliphatic hydroxyl groups excluding tert-OH is 2. The zero-order valence-electron chi connectivity index (χ0n) is 42.6. The summed E-state index contributed by atoms with van der Waals surface area (Å²) in [5, 5.41) is 23.8. The third-order valence-electron chi connectivity index (χ3n) is 12.0. The number of hydrogen-bond donors (Lipinski definition) is 3. The molecule has 0 bridgehead atoms. The lowest BCUT2D eigenvalue weighted by atomic mass is 10.0. The number of aliphatic hydroxyl groups is 2. The maximum absolute atomic E-state index is 13.2. The number of carbonyl (C=O) groups excluding carboxylic acids is 2. The predicted octanol–water partition coefficient (Wildman–Crippen LogP) is 16.7. The number of allylic oxidation sites excluding steroid dienone is 14. The third-order valence-corrected chi connectivity index (χ3v) is 12.0. The van der Waals surface area contributed by atoms with Gasteiger partial charge in [0, 0.05) is 6.42 Å². The summed E-state index contributed by atoms with van der Waals surface area (Å²) >= 11 is 0. The quantitative estimate of drug-likeness (QED) is 0.0321. The van der Waals surface area contributed by atoms with E-state index in [1.165, 1.54) is 89.9 Å². The van der Waals surface area contributed by atoms with Crippen LogP contribution in [0.3, 0.4) is 0 Å². The van der Waals surface area contributed by atoms with Crippen molar-refractivity contribution in [3.8, 4) is 0 Å². The smallest absolute Gasteiger partial charge is 0.306 e. The molecule has 0 aromatic heterocycles. The van der Waals surface area contributed by atoms with E-state index < -0.39 is 18.2 Å². The maximum Gasteiger partial charge on any atom is 0.306 e. The number of rotatable bonds is 48. The Bertz CT molecular complexity index is 1250. The third kappa shape index (κ3) is 47.3. The summed E-state index contributed by atoms with van der Waals surface area (Å²) < 4.78 is 5.90. The lowest BCUT2D eigenvalue weighted by Gasteiger charge is -2.24. The summed E-state index contributed by atoms with van der Waals surface area (Å²) in [6, 6.07) is -0.722. The van der Waals surface area contributed by atoms with E-state index in [1.807, 2.05) is 0 Å². The van der Waals surface area contributed by atoms with Crippen LogP contribution >= 0.6 is 0 Å². The van der Waals surface area contributed by atoms with Crippen molar-refractivity contribution in [1.29, 1.82) is 0 Å². The highest BCUT2D eigenvalue weighted by Crippen LogP contribution is 2.18. The molecule has 0 aromatic rings. The van der Waals surface area contributed by atoms with Gasteiger partial charge in [0.15, 0.2) is 0 Å². The van der Waals surface area contributed by atoms with E-state index in [0.29, 0.717) is 25.7 Å². The average molecular weight is 906 g/mol. The molecule has 0 fully saturated rings. The molecule has 6 heteroatoms. The largest absolute Gasteiger partial charge is 0.462 e. The van der Waals surface area contributed by atoms with Gasteiger partial charge in [0.2, 0.25) is 5.91 Å². The summed E-state index contributed by atoms with van der Waals surface area (Å²) in [6.45, 7) is 6.26. The predicted molar refractivity (Wildman–Crippen MR) is 282 cm³/mol. The van der Waals surface area contributed by atoms with Crippen LogP contribution in [0.5, 0.6) is 0 Å². The molecule has 374 valence electrons. The molecular weight excluding hydrogens is 803 g/mol. The Labute approximate surface area is 402 Å². The summed E-state index contributed by atoms with van der Waals surface area (Å²) in [6.07, 6.45) is 68.0. The highest BCUT2D eigenvalue weighted by molar-refractivity contribution is 5.77. The van der Waals surface area contributed by atoms with E-state index in [1.54, 1.807) is 0 Å². The first-order chi connectivity index (χ1) is 32.0. The van der Waals surface area contributed by atoms with Crippen LogP contribution in [0.15, 0.2) is 85.1 Å². The Morgan fingerprint density at radius 3 is 1.26 bits per heavy atom. The van der Waals surface area contributed by atoms with Crippen molar-refractivity contribution in [1.82, 2.24) is 5.32 Å². The minimum Gasteiger partial charge on any atom is -0.462 e. The minimum absolute atomic E-state index is 0.0418. The number of nitrogens with one attached hydrogen (secondary N) is 1. The van der Waals surface area contributed by atoms with Crippen molar-refractivity contribution in [3.63, 3.8) is 0 Å². The van der Waals surface area contributed by atoms with Gasteiger partial charge in [0.05, 0.1) is 25.2 Å². The van der Waals surface area contributed by atoms with Crippen molar-refractivity contribution in [2.45, 2.75) is 270 Å². The Morgan fingerprint density at radius 1 is 0.462 bits per heavy atom. The van der Waals surface area contributed by atoms with Gasteiger partial charge in [0.25, 0.3) is 0 Å². The highest BCUT2D eigenvalue weighted by atomic mass is 16.5. The lowest BCUT2D eigenvalue weighted by Crippen LogP contribution is -2.46. The minimum atomic E-state index is -0.806. The SMILES string of the molecule is CC/C=C\C/C=C\C/C=C\C/C=C\C/C=C\CCCC(=O)OC(CCCCCCC/C=C/C/C=C/CC)CC(=O)NC(CO)C(O)CCCCCCCCCCCCCCCCCCC. The van der Waals surface area contributed by atoms with Crippen molar-refractivity contribution < 1.29 is 24.5 Å². The molecule has 0 aliphatic carbocycles. The van der Waals surface area contributed by atoms with E-state index >= 15 is 0 Å². The van der Waals surface area contributed by atoms with Gasteiger partial charge in [-0.2, -0.15) is 0 Å². The van der Waals surface area contributed by atoms with Gasteiger partial charge < -0.3 is 20.3 Å². The zero-order chi connectivity index (χ0) is 47.4. The summed E-state index contributed by atoms with van der Waals surface area (Å²) in [5.41, 5.74) is 0. The molecule has 0 saturated carbocycles. The first kappa shape index (κ1) is 62.0. The van der Waals surface area contributed by atoms with Gasteiger partial charge in [-0.15, -0.1) is 0 Å². The molecule has 3 N–H and O–H groups in total. The molecule has 0 saturated heterocycles. The average Bonchev–Trinajstić information content (AvgIpc) is 3.30. The summed E-state index contributed by atoms with van der Waals surface area (Å²) in [5.74, 6) is -0.559. The summed E-state index contributed by atoms with van der Waals surface area (Å²) in [4.78, 5) is 26.2. The Hall–Kier alpha value is -2.96. The fraction of sp³-hybridized carbons (Fsp3) is 0.729. The molecule has 0 aliphatic heterocycles. The van der Waals surface area contributed by atoms with Crippen molar-refractivity contribution in [2.75, 3.05) is 6.61 Å². The van der Waals surface area contributed by atoms with Crippen LogP contribution in [-0.2, 0) is 14.3 Å². The molecule has 1 amide bonds. The van der Waals surface area contributed by atoms with E-state index in [9.17, 15) is 19.8 Å². The number of carbonyl (C=O) groups is 2. The van der Waals surface area contributed by atoms with Crippen molar-refractivity contribution >= 4 is 11.9 Å². The molecule has 0 radical (unpaired) electrons. The van der Waals surface area contributed by atoms with Crippen LogP contribution < -0.4 is 5.32 Å². The molecule has 0 rings (SSSR count). The molecule has 65 heavy (non-hydrogen) atoms. The fourth-order valence-corrected chi connectivity index (χ4v) is 7.92. The maximum atomic E-state index is 13.2. The second-order valence-corrected chi connectivity index (χ2v) is 18.2. The van der Waals surface area contributed by atoms with E-state index in [-0.39, 0.29) is 24.9 Å².